The van der Waals surface area contributed by atoms with E-state index in [0.29, 0.717) is 23.0 Å². The Morgan fingerprint density at radius 3 is 2.44 bits per heavy atom. The van der Waals surface area contributed by atoms with Gasteiger partial charge in [-0.3, -0.25) is 4.79 Å². The number of methoxy groups -OCH3 is 1. The molecule has 134 valence electrons. The van der Waals surface area contributed by atoms with Crippen LogP contribution in [0.1, 0.15) is 5.76 Å². The maximum atomic E-state index is 12.3. The number of nitriles is 1. The van der Waals surface area contributed by atoms with Crippen molar-refractivity contribution in [1.29, 1.82) is 5.26 Å². The molecule has 27 heavy (non-hydrogen) atoms. The van der Waals surface area contributed by atoms with E-state index < -0.39 is 5.91 Å². The fourth-order valence-electron chi connectivity index (χ4n) is 2.36. The molecule has 0 aliphatic heterocycles. The number of ether oxygens (including phenoxy) is 1. The predicted molar refractivity (Wildman–Crippen MR) is 107 cm³/mol. The number of carbonyl (C=O) groups excluding carboxylic acids is 1. The Bertz CT molecular complexity index is 1010. The summed E-state index contributed by atoms with van der Waals surface area (Å²) in [5.74, 6) is 1.25. The molecule has 1 aromatic heterocycles. The number of hydrogen-bond donors (Lipinski definition) is 1. The summed E-state index contributed by atoms with van der Waals surface area (Å²) in [7, 11) is 1.57. The smallest absolute Gasteiger partial charge is 0.266 e. The van der Waals surface area contributed by atoms with Gasteiger partial charge in [0, 0.05) is 21.8 Å². The summed E-state index contributed by atoms with van der Waals surface area (Å²) in [6.45, 7) is 0. The van der Waals surface area contributed by atoms with Crippen molar-refractivity contribution >= 4 is 33.6 Å². The molecule has 1 amide bonds. The molecule has 0 fully saturated rings. The van der Waals surface area contributed by atoms with Crippen molar-refractivity contribution in [3.63, 3.8) is 0 Å². The number of rotatable bonds is 5. The molecule has 0 saturated carbocycles. The molecule has 0 aliphatic carbocycles. The highest BCUT2D eigenvalue weighted by Crippen LogP contribution is 2.25. The van der Waals surface area contributed by atoms with Gasteiger partial charge in [0.25, 0.3) is 5.91 Å². The van der Waals surface area contributed by atoms with E-state index in [0.717, 1.165) is 10.0 Å². The zero-order valence-electron chi connectivity index (χ0n) is 14.4. The van der Waals surface area contributed by atoms with Gasteiger partial charge in [-0.2, -0.15) is 5.26 Å². The highest BCUT2D eigenvalue weighted by Gasteiger charge is 2.11. The number of benzene rings is 2. The molecule has 5 nitrogen and oxygen atoms in total. The summed E-state index contributed by atoms with van der Waals surface area (Å²) in [5, 5.41) is 12.0. The number of nitrogens with one attached hydrogen (secondary N) is 1. The average molecular weight is 423 g/mol. The first kappa shape index (κ1) is 18.5. The molecule has 0 saturated heterocycles. The van der Waals surface area contributed by atoms with E-state index in [1.165, 1.54) is 6.08 Å². The summed E-state index contributed by atoms with van der Waals surface area (Å²) < 4.78 is 11.8. The molecule has 0 spiro atoms. The van der Waals surface area contributed by atoms with E-state index in [2.05, 4.69) is 21.2 Å². The molecule has 0 bridgehead atoms. The van der Waals surface area contributed by atoms with E-state index >= 15 is 0 Å². The molecule has 0 unspecified atom stereocenters. The molecular weight excluding hydrogens is 408 g/mol. The van der Waals surface area contributed by atoms with Crippen LogP contribution in [0.4, 0.5) is 5.69 Å². The topological polar surface area (TPSA) is 75.3 Å². The van der Waals surface area contributed by atoms with Crippen molar-refractivity contribution in [3.05, 3.63) is 76.5 Å². The third-order valence-electron chi connectivity index (χ3n) is 3.76. The summed E-state index contributed by atoms with van der Waals surface area (Å²) in [5.41, 5.74) is 1.42. The molecule has 0 atom stereocenters. The van der Waals surface area contributed by atoms with Gasteiger partial charge >= 0.3 is 0 Å². The number of carbonyl (C=O) groups is 1. The van der Waals surface area contributed by atoms with Gasteiger partial charge in [0.05, 0.1) is 7.11 Å². The Morgan fingerprint density at radius 2 is 1.81 bits per heavy atom. The first-order valence-electron chi connectivity index (χ1n) is 8.02. The van der Waals surface area contributed by atoms with Gasteiger partial charge < -0.3 is 14.5 Å². The van der Waals surface area contributed by atoms with E-state index in [-0.39, 0.29) is 5.57 Å². The Kier molecular flexibility index (Phi) is 5.74. The Labute approximate surface area is 165 Å². The Morgan fingerprint density at radius 1 is 1.11 bits per heavy atom. The van der Waals surface area contributed by atoms with Crippen LogP contribution in [0.25, 0.3) is 17.4 Å². The van der Waals surface area contributed by atoms with E-state index in [1.807, 2.05) is 30.3 Å². The lowest BCUT2D eigenvalue weighted by Gasteiger charge is -2.05. The normalized spacial score (nSPS) is 10.9. The second-order valence-corrected chi connectivity index (χ2v) is 6.48. The number of halogens is 1. The van der Waals surface area contributed by atoms with Gasteiger partial charge in [-0.15, -0.1) is 0 Å². The summed E-state index contributed by atoms with van der Waals surface area (Å²) in [6, 6.07) is 19.9. The molecule has 2 aromatic carbocycles. The van der Waals surface area contributed by atoms with Crippen molar-refractivity contribution in [1.82, 2.24) is 0 Å². The van der Waals surface area contributed by atoms with Gasteiger partial charge in [0.2, 0.25) is 0 Å². The van der Waals surface area contributed by atoms with Crippen LogP contribution in [0.5, 0.6) is 5.75 Å². The molecule has 0 radical (unpaired) electrons. The molecule has 0 aliphatic rings. The maximum absolute atomic E-state index is 12.3. The maximum Gasteiger partial charge on any atom is 0.266 e. The number of amides is 1. The predicted octanol–water partition coefficient (Wildman–Crippen LogP) is 5.26. The van der Waals surface area contributed by atoms with Crippen LogP contribution >= 0.6 is 15.9 Å². The molecular formula is C21H15BrN2O3. The van der Waals surface area contributed by atoms with Crippen molar-refractivity contribution in [3.8, 4) is 23.1 Å². The minimum Gasteiger partial charge on any atom is -0.497 e. The van der Waals surface area contributed by atoms with E-state index in [1.54, 1.807) is 43.5 Å². The largest absolute Gasteiger partial charge is 0.497 e. The molecule has 6 heteroatoms. The SMILES string of the molecule is COc1ccc(NC(=O)C(C#N)=Cc2ccc(-c3ccc(Br)cc3)o2)cc1. The molecule has 1 heterocycles. The first-order chi connectivity index (χ1) is 13.1. The quantitative estimate of drug-likeness (QED) is 0.449. The molecule has 1 N–H and O–H groups in total. The van der Waals surface area contributed by atoms with Crippen molar-refractivity contribution in [2.45, 2.75) is 0 Å². The lowest BCUT2D eigenvalue weighted by atomic mass is 10.2. The highest BCUT2D eigenvalue weighted by molar-refractivity contribution is 9.10. The van der Waals surface area contributed by atoms with E-state index in [9.17, 15) is 10.1 Å². The van der Waals surface area contributed by atoms with Crippen molar-refractivity contribution < 1.29 is 13.9 Å². The van der Waals surface area contributed by atoms with Gasteiger partial charge in [-0.25, -0.2) is 0 Å². The van der Waals surface area contributed by atoms with Crippen molar-refractivity contribution in [2.24, 2.45) is 0 Å². The summed E-state index contributed by atoms with van der Waals surface area (Å²) >= 11 is 3.39. The monoisotopic (exact) mass is 422 g/mol. The second-order valence-electron chi connectivity index (χ2n) is 5.56. The highest BCUT2D eigenvalue weighted by atomic mass is 79.9. The molecule has 3 aromatic rings. The standard InChI is InChI=1S/C21H15BrN2O3/c1-26-18-8-6-17(7-9-18)24-21(25)15(13-23)12-19-10-11-20(27-19)14-2-4-16(22)5-3-14/h2-12H,1H3,(H,24,25). The third kappa shape index (κ3) is 4.66. The van der Waals surface area contributed by atoms with Crippen LogP contribution in [0.15, 0.2) is 75.1 Å². The van der Waals surface area contributed by atoms with Crippen LogP contribution in [0.3, 0.4) is 0 Å². The van der Waals surface area contributed by atoms with Crippen LogP contribution in [-0.2, 0) is 4.79 Å². The Balaban J connectivity index is 1.76. The number of nitrogens with zero attached hydrogens (tertiary/aromatic N) is 1. The fourth-order valence-corrected chi connectivity index (χ4v) is 2.63. The minimum atomic E-state index is -0.510. The third-order valence-corrected chi connectivity index (χ3v) is 4.28. The first-order valence-corrected chi connectivity index (χ1v) is 8.81. The Hall–Kier alpha value is -3.30. The number of furan rings is 1. The lowest BCUT2D eigenvalue weighted by molar-refractivity contribution is -0.112. The van der Waals surface area contributed by atoms with Gasteiger partial charge in [-0.05, 0) is 48.5 Å². The zero-order valence-corrected chi connectivity index (χ0v) is 16.0. The minimum absolute atomic E-state index is 0.0532. The van der Waals surface area contributed by atoms with Crippen molar-refractivity contribution in [2.75, 3.05) is 12.4 Å². The summed E-state index contributed by atoms with van der Waals surface area (Å²) in [6.07, 6.45) is 1.42. The fraction of sp³-hybridized carbons (Fsp3) is 0.0476. The average Bonchev–Trinajstić information content (AvgIpc) is 3.16. The van der Waals surface area contributed by atoms with Crippen LogP contribution in [-0.4, -0.2) is 13.0 Å². The van der Waals surface area contributed by atoms with Gasteiger partial charge in [0.15, 0.2) is 0 Å². The van der Waals surface area contributed by atoms with Gasteiger partial charge in [-0.1, -0.05) is 28.1 Å². The van der Waals surface area contributed by atoms with Gasteiger partial charge in [0.1, 0.15) is 28.9 Å². The number of anilines is 1. The van der Waals surface area contributed by atoms with E-state index in [4.69, 9.17) is 9.15 Å². The lowest BCUT2D eigenvalue weighted by Crippen LogP contribution is -2.13. The zero-order chi connectivity index (χ0) is 19.2. The second kappa shape index (κ2) is 8.39. The van der Waals surface area contributed by atoms with Crippen LogP contribution < -0.4 is 10.1 Å². The van der Waals surface area contributed by atoms with Crippen LogP contribution in [0, 0.1) is 11.3 Å². The molecule has 3 rings (SSSR count). The summed E-state index contributed by atoms with van der Waals surface area (Å²) in [4.78, 5) is 12.3. The number of hydrogen-bond acceptors (Lipinski definition) is 4. The van der Waals surface area contributed by atoms with Crippen LogP contribution in [0.2, 0.25) is 0 Å².